The maximum atomic E-state index is 13.9. The van der Waals surface area contributed by atoms with Gasteiger partial charge in [0.05, 0.1) is 47.3 Å². The Morgan fingerprint density at radius 1 is 0.957 bits per heavy atom. The van der Waals surface area contributed by atoms with Crippen LogP contribution in [0.15, 0.2) is 60.3 Å². The number of Topliss-reactive ketones (excluding diaryl/α,β-unsaturated/α-hetero) is 1. The van der Waals surface area contributed by atoms with Crippen LogP contribution in [0.25, 0.3) is 21.6 Å². The van der Waals surface area contributed by atoms with Crippen molar-refractivity contribution in [3.63, 3.8) is 0 Å². The molecule has 0 spiro atoms. The summed E-state index contributed by atoms with van der Waals surface area (Å²) in [5.74, 6) is -0.257. The fourth-order valence-electron chi connectivity index (χ4n) is 5.68. The minimum atomic E-state index is -1.01. The van der Waals surface area contributed by atoms with E-state index < -0.39 is 17.7 Å². The molecular weight excluding hydrogens is 604 g/mol. The molecular formula is C35H36N4O6S. The Balaban J connectivity index is 1.55. The van der Waals surface area contributed by atoms with E-state index in [9.17, 15) is 14.7 Å². The molecule has 238 valence electrons. The Kier molecular flexibility index (Phi) is 8.68. The number of nitrogens with zero attached hydrogens (tertiary/aromatic N) is 4. The van der Waals surface area contributed by atoms with Crippen molar-refractivity contribution in [3.8, 4) is 17.2 Å². The largest absolute Gasteiger partial charge is 0.505 e. The number of aliphatic hydroxyl groups is 1. The number of fused-ring (bicyclic) bond motifs is 2. The fraction of sp³-hybridized carbons (Fsp3) is 0.314. The Morgan fingerprint density at radius 3 is 2.50 bits per heavy atom. The van der Waals surface area contributed by atoms with Crippen LogP contribution in [-0.2, 0) is 9.59 Å². The van der Waals surface area contributed by atoms with Crippen LogP contribution < -0.4 is 19.1 Å². The third-order valence-electron chi connectivity index (χ3n) is 7.96. The predicted octanol–water partition coefficient (Wildman–Crippen LogP) is 7.16. The summed E-state index contributed by atoms with van der Waals surface area (Å²) in [6.45, 7) is 11.0. The number of thiazole rings is 1. The van der Waals surface area contributed by atoms with E-state index in [0.29, 0.717) is 64.6 Å². The summed E-state index contributed by atoms with van der Waals surface area (Å²) in [6, 6.07) is 13.7. The van der Waals surface area contributed by atoms with E-state index in [1.54, 1.807) is 18.2 Å². The number of benzene rings is 2. The van der Waals surface area contributed by atoms with Gasteiger partial charge in [0.1, 0.15) is 17.1 Å². The van der Waals surface area contributed by atoms with Crippen LogP contribution in [0.2, 0.25) is 0 Å². The molecule has 0 aliphatic carbocycles. The molecule has 6 rings (SSSR count). The number of aromatic nitrogens is 3. The zero-order chi connectivity index (χ0) is 32.5. The van der Waals surface area contributed by atoms with Gasteiger partial charge >= 0.3 is 5.91 Å². The monoisotopic (exact) mass is 640 g/mol. The van der Waals surface area contributed by atoms with E-state index in [1.165, 1.54) is 16.2 Å². The summed E-state index contributed by atoms with van der Waals surface area (Å²) in [6.07, 6.45) is 3.71. The van der Waals surface area contributed by atoms with Gasteiger partial charge in [0.15, 0.2) is 22.4 Å². The highest BCUT2D eigenvalue weighted by molar-refractivity contribution is 7.22. The number of imidazole rings is 1. The van der Waals surface area contributed by atoms with Gasteiger partial charge in [-0.2, -0.15) is 0 Å². The topological polar surface area (TPSA) is 115 Å². The first-order chi connectivity index (χ1) is 22.3. The number of rotatable bonds is 11. The highest BCUT2D eigenvalue weighted by atomic mass is 32.1. The number of carbonyl (C=O) groups excluding carboxylic acids is 2. The molecule has 0 bridgehead atoms. The van der Waals surface area contributed by atoms with Gasteiger partial charge in [-0.25, -0.2) is 9.97 Å². The summed E-state index contributed by atoms with van der Waals surface area (Å²) in [7, 11) is 0. The lowest BCUT2D eigenvalue weighted by atomic mass is 9.96. The number of aliphatic hydroxyl groups excluding tert-OH is 1. The lowest BCUT2D eigenvalue weighted by Gasteiger charge is -2.24. The van der Waals surface area contributed by atoms with Gasteiger partial charge in [-0.3, -0.25) is 14.5 Å². The number of aryl methyl sites for hydroxylation is 2. The molecule has 1 unspecified atom stereocenters. The minimum Gasteiger partial charge on any atom is -0.505 e. The summed E-state index contributed by atoms with van der Waals surface area (Å²) >= 11 is 1.27. The summed E-state index contributed by atoms with van der Waals surface area (Å²) in [5, 5.41) is 12.2. The molecule has 1 N–H and O–H groups in total. The Morgan fingerprint density at radius 2 is 1.76 bits per heavy atom. The molecule has 1 saturated heterocycles. The third kappa shape index (κ3) is 5.44. The maximum absolute atomic E-state index is 13.9. The first-order valence-corrected chi connectivity index (χ1v) is 16.3. The quantitative estimate of drug-likeness (QED) is 0.0700. The van der Waals surface area contributed by atoms with Crippen molar-refractivity contribution in [2.24, 2.45) is 0 Å². The van der Waals surface area contributed by atoms with Gasteiger partial charge in [0.25, 0.3) is 5.78 Å². The van der Waals surface area contributed by atoms with Crippen molar-refractivity contribution >= 4 is 49.8 Å². The molecule has 1 aliphatic heterocycles. The average molecular weight is 641 g/mol. The Labute approximate surface area is 270 Å². The molecule has 3 aromatic heterocycles. The summed E-state index contributed by atoms with van der Waals surface area (Å²) in [4.78, 5) is 38.7. The maximum Gasteiger partial charge on any atom is 0.301 e. The molecule has 0 saturated carbocycles. The van der Waals surface area contributed by atoms with Crippen molar-refractivity contribution in [3.05, 3.63) is 82.8 Å². The first-order valence-electron chi connectivity index (χ1n) is 15.5. The van der Waals surface area contributed by atoms with Crippen molar-refractivity contribution in [1.29, 1.82) is 0 Å². The average Bonchev–Trinajstić information content (AvgIpc) is 3.70. The molecule has 4 heterocycles. The van der Waals surface area contributed by atoms with Gasteiger partial charge in [0.2, 0.25) is 0 Å². The zero-order valence-electron chi connectivity index (χ0n) is 26.5. The number of hydrogen-bond acceptors (Lipinski definition) is 9. The van der Waals surface area contributed by atoms with E-state index in [-0.39, 0.29) is 17.0 Å². The van der Waals surface area contributed by atoms with Crippen molar-refractivity contribution < 1.29 is 28.9 Å². The number of pyridine rings is 1. The van der Waals surface area contributed by atoms with Crippen molar-refractivity contribution in [2.75, 3.05) is 24.7 Å². The van der Waals surface area contributed by atoms with E-state index in [2.05, 4.69) is 6.92 Å². The van der Waals surface area contributed by atoms with Gasteiger partial charge in [0, 0.05) is 6.20 Å². The van der Waals surface area contributed by atoms with E-state index in [0.717, 1.165) is 23.1 Å². The molecule has 5 aromatic rings. The van der Waals surface area contributed by atoms with E-state index in [4.69, 9.17) is 24.2 Å². The number of amides is 1. The van der Waals surface area contributed by atoms with Crippen LogP contribution in [0.1, 0.15) is 62.2 Å². The highest BCUT2D eigenvalue weighted by Crippen LogP contribution is 2.46. The minimum absolute atomic E-state index is 0.0782. The molecule has 10 nitrogen and oxygen atoms in total. The number of ketones is 1. The Bertz CT molecular complexity index is 1990. The van der Waals surface area contributed by atoms with Gasteiger partial charge in [-0.1, -0.05) is 36.8 Å². The van der Waals surface area contributed by atoms with Crippen LogP contribution in [0.5, 0.6) is 17.2 Å². The molecule has 1 aliphatic rings. The lowest BCUT2D eigenvalue weighted by molar-refractivity contribution is -0.132. The fourth-order valence-corrected chi connectivity index (χ4v) is 6.70. The lowest BCUT2D eigenvalue weighted by Crippen LogP contribution is -2.29. The molecule has 1 amide bonds. The number of anilines is 1. The van der Waals surface area contributed by atoms with Gasteiger partial charge < -0.3 is 23.7 Å². The second-order valence-corrected chi connectivity index (χ2v) is 12.0. The summed E-state index contributed by atoms with van der Waals surface area (Å²) in [5.41, 5.74) is 3.56. The van der Waals surface area contributed by atoms with Gasteiger partial charge in [-0.15, -0.1) is 0 Å². The number of hydrogen-bond donors (Lipinski definition) is 1. The van der Waals surface area contributed by atoms with Crippen LogP contribution in [-0.4, -0.2) is 51.0 Å². The highest BCUT2D eigenvalue weighted by Gasteiger charge is 2.49. The standard InChI is InChI=1S/C35H36N4O6S/c1-6-9-17-45-25-15-12-22(18-26(25)44-8-3)30-28(31(40)29-21(5)38-16-10-11-20(4)33(38)37-29)32(41)34(42)39(30)35-36-24-14-13-23(43-7-2)19-27(24)46-35/h10-16,18-19,30,40H,6-9,17H2,1-5H3/b31-28+. The van der Waals surface area contributed by atoms with Crippen LogP contribution in [0.3, 0.4) is 0 Å². The summed E-state index contributed by atoms with van der Waals surface area (Å²) < 4.78 is 20.3. The first kappa shape index (κ1) is 31.1. The van der Waals surface area contributed by atoms with E-state index >= 15 is 0 Å². The molecule has 46 heavy (non-hydrogen) atoms. The Hall–Kier alpha value is -4.90. The number of unbranched alkanes of at least 4 members (excludes halogenated alkanes) is 1. The van der Waals surface area contributed by atoms with Crippen molar-refractivity contribution in [2.45, 2.75) is 53.5 Å². The van der Waals surface area contributed by atoms with Crippen molar-refractivity contribution in [1.82, 2.24) is 14.4 Å². The normalized spacial score (nSPS) is 16.1. The smallest absolute Gasteiger partial charge is 0.301 e. The van der Waals surface area contributed by atoms with Crippen LogP contribution in [0.4, 0.5) is 5.13 Å². The van der Waals surface area contributed by atoms with E-state index in [1.807, 2.05) is 68.6 Å². The second kappa shape index (κ2) is 12.8. The number of ether oxygens (including phenoxy) is 3. The predicted molar refractivity (Wildman–Crippen MR) is 178 cm³/mol. The molecule has 1 fully saturated rings. The molecule has 0 radical (unpaired) electrons. The molecule has 11 heteroatoms. The third-order valence-corrected chi connectivity index (χ3v) is 8.97. The SMILES string of the molecule is CCCCOc1ccc(C2/C(=C(\O)c3nc4c(C)cccn4c3C)C(=O)C(=O)N2c2nc3ccc(OCC)cc3s2)cc1OCC. The number of carbonyl (C=O) groups is 2. The van der Waals surface area contributed by atoms with Crippen LogP contribution >= 0.6 is 11.3 Å². The van der Waals surface area contributed by atoms with Gasteiger partial charge in [-0.05, 0) is 81.6 Å². The molecule has 1 atom stereocenters. The van der Waals surface area contributed by atoms with Crippen LogP contribution in [0, 0.1) is 13.8 Å². The second-order valence-electron chi connectivity index (χ2n) is 11.0. The molecule has 2 aromatic carbocycles. The zero-order valence-corrected chi connectivity index (χ0v) is 27.3.